The van der Waals surface area contributed by atoms with E-state index >= 15 is 4.39 Å². The first kappa shape index (κ1) is 23.3. The Hall–Kier alpha value is -2.82. The molecule has 2 aromatic carbocycles. The van der Waals surface area contributed by atoms with Crippen LogP contribution in [0.2, 0.25) is 5.02 Å². The molecule has 174 valence electrons. The van der Waals surface area contributed by atoms with E-state index in [1.54, 1.807) is 24.3 Å². The van der Waals surface area contributed by atoms with Gasteiger partial charge in [0.2, 0.25) is 5.91 Å². The summed E-state index contributed by atoms with van der Waals surface area (Å²) < 4.78 is 46.2. The normalized spacial score (nSPS) is 18.2. The van der Waals surface area contributed by atoms with Crippen LogP contribution in [0.5, 0.6) is 0 Å². The molecule has 0 aliphatic carbocycles. The molecular weight excluding hydrogens is 471 g/mol. The van der Waals surface area contributed by atoms with Crippen molar-refractivity contribution in [1.29, 1.82) is 0 Å². The molecule has 2 heterocycles. The molecule has 0 bridgehead atoms. The third kappa shape index (κ3) is 4.50. The van der Waals surface area contributed by atoms with Crippen molar-refractivity contribution >= 4 is 33.0 Å². The van der Waals surface area contributed by atoms with Crippen LogP contribution in [0.25, 0.3) is 11.5 Å². The Balaban J connectivity index is 1.89. The second kappa shape index (κ2) is 8.19. The van der Waals surface area contributed by atoms with Gasteiger partial charge in [-0.2, -0.15) is 4.98 Å². The van der Waals surface area contributed by atoms with Crippen LogP contribution < -0.4 is 10.6 Å². The number of benzene rings is 2. The van der Waals surface area contributed by atoms with Crippen LogP contribution in [0.3, 0.4) is 0 Å². The molecule has 8 nitrogen and oxygen atoms in total. The van der Waals surface area contributed by atoms with Gasteiger partial charge in [0.15, 0.2) is 15.7 Å². The molecule has 0 saturated heterocycles. The van der Waals surface area contributed by atoms with Crippen molar-refractivity contribution in [1.82, 2.24) is 10.1 Å². The van der Waals surface area contributed by atoms with Gasteiger partial charge in [-0.15, -0.1) is 0 Å². The molecule has 4 rings (SSSR count). The van der Waals surface area contributed by atoms with E-state index in [4.69, 9.17) is 21.9 Å². The summed E-state index contributed by atoms with van der Waals surface area (Å²) in [6, 6.07) is 7.53. The van der Waals surface area contributed by atoms with Crippen molar-refractivity contribution < 1.29 is 22.1 Å². The number of halogens is 2. The highest BCUT2D eigenvalue weighted by Crippen LogP contribution is 2.37. The Morgan fingerprint density at radius 1 is 1.24 bits per heavy atom. The van der Waals surface area contributed by atoms with E-state index in [1.165, 1.54) is 11.0 Å². The molecule has 1 aliphatic heterocycles. The average molecular weight is 493 g/mol. The summed E-state index contributed by atoms with van der Waals surface area (Å²) in [5.74, 6) is -1.87. The molecule has 2 N–H and O–H groups in total. The van der Waals surface area contributed by atoms with Crippen LogP contribution >= 0.6 is 11.6 Å². The number of carbonyl (C=O) groups is 1. The van der Waals surface area contributed by atoms with Crippen LogP contribution in [-0.2, 0) is 26.6 Å². The molecule has 33 heavy (non-hydrogen) atoms. The average Bonchev–Trinajstić information content (AvgIpc) is 3.21. The highest BCUT2D eigenvalue weighted by Gasteiger charge is 2.37. The van der Waals surface area contributed by atoms with Gasteiger partial charge >= 0.3 is 0 Å². The Morgan fingerprint density at radius 3 is 2.52 bits per heavy atom. The number of carbonyl (C=O) groups excluding carboxylic acids is 1. The number of hydrogen-bond donors (Lipinski definition) is 1. The van der Waals surface area contributed by atoms with Gasteiger partial charge in [-0.1, -0.05) is 49.7 Å². The SMILES string of the molecule is CC(C)(C)c1noc(-c2cc3c(cc2F)S(=O)(=O)C[C@H](N)C(=O)N3Cc2ccc(Cl)cc2)n1. The van der Waals surface area contributed by atoms with E-state index in [1.807, 2.05) is 20.8 Å². The Kier molecular flexibility index (Phi) is 5.80. The fraction of sp³-hybridized carbons (Fsp3) is 0.318. The summed E-state index contributed by atoms with van der Waals surface area (Å²) >= 11 is 5.95. The van der Waals surface area contributed by atoms with Gasteiger partial charge < -0.3 is 15.2 Å². The first-order valence-corrected chi connectivity index (χ1v) is 12.1. The van der Waals surface area contributed by atoms with Crippen molar-refractivity contribution in [3.63, 3.8) is 0 Å². The lowest BCUT2D eigenvalue weighted by Gasteiger charge is -2.24. The monoisotopic (exact) mass is 492 g/mol. The van der Waals surface area contributed by atoms with Crippen molar-refractivity contribution in [3.8, 4) is 11.5 Å². The number of aromatic nitrogens is 2. The number of amides is 1. The number of hydrogen-bond acceptors (Lipinski definition) is 7. The van der Waals surface area contributed by atoms with Gasteiger partial charge in [0.25, 0.3) is 5.89 Å². The third-order valence-corrected chi connectivity index (χ3v) is 7.28. The van der Waals surface area contributed by atoms with Crippen LogP contribution in [-0.4, -0.2) is 36.3 Å². The predicted octanol–water partition coefficient (Wildman–Crippen LogP) is 3.47. The largest absolute Gasteiger partial charge is 0.334 e. The van der Waals surface area contributed by atoms with Gasteiger partial charge in [0, 0.05) is 10.4 Å². The summed E-state index contributed by atoms with van der Waals surface area (Å²) in [5, 5.41) is 4.41. The lowest BCUT2D eigenvalue weighted by Crippen LogP contribution is -2.45. The molecule has 0 fully saturated rings. The van der Waals surface area contributed by atoms with Gasteiger partial charge in [0.05, 0.1) is 34.5 Å². The number of sulfone groups is 1. The molecular formula is C22H22ClFN4O4S. The fourth-order valence-electron chi connectivity index (χ4n) is 3.46. The molecule has 11 heteroatoms. The molecule has 1 aliphatic rings. The molecule has 3 aromatic rings. The zero-order valence-corrected chi connectivity index (χ0v) is 19.7. The topological polar surface area (TPSA) is 119 Å². The quantitative estimate of drug-likeness (QED) is 0.594. The minimum Gasteiger partial charge on any atom is -0.334 e. The lowest BCUT2D eigenvalue weighted by atomic mass is 9.96. The second-order valence-electron chi connectivity index (χ2n) is 8.91. The smallest absolute Gasteiger partial charge is 0.260 e. The van der Waals surface area contributed by atoms with Crippen LogP contribution in [0.1, 0.15) is 32.2 Å². The second-order valence-corrected chi connectivity index (χ2v) is 11.4. The van der Waals surface area contributed by atoms with E-state index in [2.05, 4.69) is 10.1 Å². The molecule has 0 radical (unpaired) electrons. The van der Waals surface area contributed by atoms with E-state index < -0.39 is 38.8 Å². The first-order valence-electron chi connectivity index (χ1n) is 10.1. The lowest BCUT2D eigenvalue weighted by molar-refractivity contribution is -0.119. The minimum atomic E-state index is -4.05. The Morgan fingerprint density at radius 2 is 1.91 bits per heavy atom. The van der Waals surface area contributed by atoms with E-state index in [-0.39, 0.29) is 28.6 Å². The molecule has 0 spiro atoms. The summed E-state index contributed by atoms with van der Waals surface area (Å²) in [5.41, 5.74) is 6.03. The first-order chi connectivity index (χ1) is 15.4. The van der Waals surface area contributed by atoms with E-state index in [0.29, 0.717) is 16.4 Å². The van der Waals surface area contributed by atoms with Gasteiger partial charge in [-0.05, 0) is 29.8 Å². The number of nitrogens with two attached hydrogens (primary N) is 1. The van der Waals surface area contributed by atoms with Crippen molar-refractivity contribution in [2.75, 3.05) is 10.7 Å². The maximum Gasteiger partial charge on any atom is 0.260 e. The Labute approximate surface area is 195 Å². The standard InChI is InChI=1S/C22H22ClFN4O4S/c1-22(2,3)21-26-19(32-27-21)14-8-17-18(9-15(14)24)33(30,31)11-16(25)20(29)28(17)10-12-4-6-13(23)7-5-12/h4-9,16H,10-11,25H2,1-3H3/t16-/m0/s1. The van der Waals surface area contributed by atoms with E-state index in [9.17, 15) is 13.2 Å². The van der Waals surface area contributed by atoms with E-state index in [0.717, 1.165) is 6.07 Å². The number of anilines is 1. The molecule has 1 amide bonds. The van der Waals surface area contributed by atoms with Gasteiger partial charge in [-0.25, -0.2) is 12.8 Å². The maximum absolute atomic E-state index is 15.1. The van der Waals surface area contributed by atoms with Crippen molar-refractivity contribution in [2.24, 2.45) is 5.73 Å². The highest BCUT2D eigenvalue weighted by atomic mass is 35.5. The zero-order valence-electron chi connectivity index (χ0n) is 18.2. The number of nitrogens with zero attached hydrogens (tertiary/aromatic N) is 3. The van der Waals surface area contributed by atoms with Gasteiger partial charge in [0.1, 0.15) is 5.82 Å². The minimum absolute atomic E-state index is 0.00481. The third-order valence-electron chi connectivity index (χ3n) is 5.24. The Bertz CT molecular complexity index is 1330. The highest BCUT2D eigenvalue weighted by molar-refractivity contribution is 7.91. The van der Waals surface area contributed by atoms with Crippen LogP contribution in [0.4, 0.5) is 10.1 Å². The predicted molar refractivity (Wildman–Crippen MR) is 121 cm³/mol. The van der Waals surface area contributed by atoms with Crippen molar-refractivity contribution in [3.05, 3.63) is 58.6 Å². The number of fused-ring (bicyclic) bond motifs is 1. The molecule has 1 atom stereocenters. The number of rotatable bonds is 3. The molecule has 1 aromatic heterocycles. The molecule has 0 unspecified atom stereocenters. The fourth-order valence-corrected chi connectivity index (χ4v) is 5.15. The van der Waals surface area contributed by atoms with Gasteiger partial charge in [-0.3, -0.25) is 4.79 Å². The van der Waals surface area contributed by atoms with Crippen LogP contribution in [0, 0.1) is 5.82 Å². The van der Waals surface area contributed by atoms with Crippen molar-refractivity contribution in [2.45, 2.75) is 43.7 Å². The summed E-state index contributed by atoms with van der Waals surface area (Å²) in [6.45, 7) is 5.62. The zero-order chi connectivity index (χ0) is 24.1. The molecule has 0 saturated carbocycles. The summed E-state index contributed by atoms with van der Waals surface area (Å²) in [6.07, 6.45) is 0. The van der Waals surface area contributed by atoms with Crippen LogP contribution in [0.15, 0.2) is 45.8 Å². The maximum atomic E-state index is 15.1. The summed E-state index contributed by atoms with van der Waals surface area (Å²) in [4.78, 5) is 18.3. The summed E-state index contributed by atoms with van der Waals surface area (Å²) in [7, 11) is -4.05.